The molecule has 0 fully saturated rings. The van der Waals surface area contributed by atoms with Crippen LogP contribution in [0.15, 0.2) is 71.6 Å². The summed E-state index contributed by atoms with van der Waals surface area (Å²) in [7, 11) is 0. The van der Waals surface area contributed by atoms with E-state index in [9.17, 15) is 5.26 Å². The normalized spacial score (nSPS) is 14.3. The highest BCUT2D eigenvalue weighted by atomic mass is 14.7. The van der Waals surface area contributed by atoms with Gasteiger partial charge in [0, 0.05) is 5.92 Å². The van der Waals surface area contributed by atoms with E-state index in [0.29, 0.717) is 5.70 Å². The van der Waals surface area contributed by atoms with Crippen LogP contribution in [0.5, 0.6) is 0 Å². The predicted octanol–water partition coefficient (Wildman–Crippen LogP) is 6.35. The Morgan fingerprint density at radius 1 is 0.963 bits per heavy atom. The zero-order valence-corrected chi connectivity index (χ0v) is 15.6. The lowest BCUT2D eigenvalue weighted by Gasteiger charge is -2.31. The first kappa shape index (κ1) is 18.2. The van der Waals surface area contributed by atoms with Gasteiger partial charge >= 0.3 is 0 Å². The Balaban J connectivity index is 2.38. The third-order valence-electron chi connectivity index (χ3n) is 4.84. The molecule has 0 saturated heterocycles. The van der Waals surface area contributed by atoms with Gasteiger partial charge in [0.05, 0.1) is 19.2 Å². The van der Waals surface area contributed by atoms with Crippen LogP contribution in [0, 0.1) is 29.9 Å². The molecule has 0 saturated carbocycles. The molecule has 1 aliphatic rings. The molecule has 0 atom stereocenters. The molecule has 0 N–H and O–H groups in total. The van der Waals surface area contributed by atoms with Gasteiger partial charge in [-0.2, -0.15) is 0 Å². The maximum atomic E-state index is 9.18. The van der Waals surface area contributed by atoms with E-state index in [1.807, 2.05) is 30.3 Å². The molecular formula is C24H19N3. The molecular weight excluding hydrogens is 330 g/mol. The van der Waals surface area contributed by atoms with Gasteiger partial charge in [-0.3, -0.25) is 0 Å². The highest BCUT2D eigenvalue weighted by molar-refractivity contribution is 5.81. The van der Waals surface area contributed by atoms with Gasteiger partial charge in [0.2, 0.25) is 0 Å². The van der Waals surface area contributed by atoms with Crippen LogP contribution in [-0.2, 0) is 0 Å². The van der Waals surface area contributed by atoms with E-state index in [1.54, 1.807) is 0 Å². The van der Waals surface area contributed by atoms with Crippen molar-refractivity contribution in [3.63, 3.8) is 0 Å². The number of hydrogen-bond acceptors (Lipinski definition) is 1. The van der Waals surface area contributed by atoms with Crippen LogP contribution in [-0.4, -0.2) is 0 Å². The quantitative estimate of drug-likeness (QED) is 0.353. The minimum absolute atomic E-state index is 0.0663. The van der Waals surface area contributed by atoms with Crippen LogP contribution >= 0.6 is 0 Å². The molecule has 0 radical (unpaired) electrons. The first-order valence-corrected chi connectivity index (χ1v) is 8.72. The van der Waals surface area contributed by atoms with Gasteiger partial charge in [0.25, 0.3) is 5.70 Å². The molecule has 0 aliphatic heterocycles. The second-order valence-corrected chi connectivity index (χ2v) is 7.52. The van der Waals surface area contributed by atoms with Crippen molar-refractivity contribution in [2.75, 3.05) is 0 Å². The first-order chi connectivity index (χ1) is 12.9. The molecule has 27 heavy (non-hydrogen) atoms. The van der Waals surface area contributed by atoms with Crippen molar-refractivity contribution in [3.05, 3.63) is 106 Å². The zero-order valence-electron chi connectivity index (χ0n) is 15.6. The molecule has 2 aromatic rings. The highest BCUT2D eigenvalue weighted by Crippen LogP contribution is 2.53. The van der Waals surface area contributed by atoms with E-state index in [4.69, 9.17) is 13.1 Å². The van der Waals surface area contributed by atoms with Crippen LogP contribution in [0.25, 0.3) is 20.8 Å². The molecule has 0 heterocycles. The molecule has 0 bridgehead atoms. The summed E-state index contributed by atoms with van der Waals surface area (Å²) in [6.07, 6.45) is 1.43. The van der Waals surface area contributed by atoms with Crippen molar-refractivity contribution in [2.45, 2.75) is 26.7 Å². The average Bonchev–Trinajstić information content (AvgIpc) is 2.98. The number of rotatable bonds is 2. The van der Waals surface area contributed by atoms with E-state index < -0.39 is 0 Å². The molecule has 0 unspecified atom stereocenters. The predicted molar refractivity (Wildman–Crippen MR) is 107 cm³/mol. The Morgan fingerprint density at radius 3 is 1.89 bits per heavy atom. The van der Waals surface area contributed by atoms with Crippen molar-refractivity contribution in [1.29, 1.82) is 5.26 Å². The fourth-order valence-corrected chi connectivity index (χ4v) is 3.82. The standard InChI is InChI=1S/C24H19N3/c1-24(2,3)23(21(27-5)14-16(15-25)26-4)22-19-12-8-6-10-17(19)18-11-7-9-13-20(18)22/h6-14,22H,1-3H3. The summed E-state index contributed by atoms with van der Waals surface area (Å²) in [6, 6.07) is 18.4. The van der Waals surface area contributed by atoms with Gasteiger partial charge in [0.15, 0.2) is 5.70 Å². The molecule has 3 nitrogen and oxygen atoms in total. The number of nitriles is 1. The van der Waals surface area contributed by atoms with Crippen LogP contribution in [0.1, 0.15) is 37.8 Å². The molecule has 130 valence electrons. The minimum Gasteiger partial charge on any atom is -0.239 e. The van der Waals surface area contributed by atoms with Crippen molar-refractivity contribution < 1.29 is 0 Å². The first-order valence-electron chi connectivity index (χ1n) is 8.72. The Kier molecular flexibility index (Phi) is 4.68. The highest BCUT2D eigenvalue weighted by Gasteiger charge is 2.36. The summed E-state index contributed by atoms with van der Waals surface area (Å²) < 4.78 is 0. The summed E-state index contributed by atoms with van der Waals surface area (Å²) >= 11 is 0. The number of fused-ring (bicyclic) bond motifs is 3. The SMILES string of the molecule is [C-]#[N+]C(C#N)=CC([N+]#[C-])=C(C1c2ccccc2-c2ccccc21)C(C)(C)C. The number of allylic oxidation sites excluding steroid dienone is 3. The number of hydrogen-bond donors (Lipinski definition) is 0. The van der Waals surface area contributed by atoms with E-state index >= 15 is 0 Å². The summed E-state index contributed by atoms with van der Waals surface area (Å²) in [5.74, 6) is -0.0663. The Hall–Kier alpha value is -3.61. The molecule has 0 amide bonds. The molecule has 2 aromatic carbocycles. The van der Waals surface area contributed by atoms with E-state index in [1.165, 1.54) is 28.3 Å². The summed E-state index contributed by atoms with van der Waals surface area (Å²) in [4.78, 5) is 6.99. The monoisotopic (exact) mass is 349 g/mol. The molecule has 0 aromatic heterocycles. The van der Waals surface area contributed by atoms with Gasteiger partial charge in [-0.25, -0.2) is 15.0 Å². The number of benzene rings is 2. The Morgan fingerprint density at radius 2 is 1.48 bits per heavy atom. The maximum absolute atomic E-state index is 9.18. The summed E-state index contributed by atoms with van der Waals surface area (Å²) in [5.41, 5.74) is 5.63. The smallest absolute Gasteiger partial charge is 0.239 e. The lowest BCUT2D eigenvalue weighted by atomic mass is 9.73. The molecule has 0 spiro atoms. The molecule has 3 heteroatoms. The minimum atomic E-state index is -0.311. The fraction of sp³-hybridized carbons (Fsp3) is 0.208. The Labute approximate surface area is 160 Å². The van der Waals surface area contributed by atoms with Gasteiger partial charge in [-0.15, -0.1) is 0 Å². The van der Waals surface area contributed by atoms with Crippen LogP contribution in [0.4, 0.5) is 0 Å². The van der Waals surface area contributed by atoms with Crippen molar-refractivity contribution in [3.8, 4) is 17.2 Å². The molecule has 1 aliphatic carbocycles. The maximum Gasteiger partial charge on any atom is 0.251 e. The zero-order chi connectivity index (χ0) is 19.6. The Bertz CT molecular complexity index is 1030. The van der Waals surface area contributed by atoms with Crippen LogP contribution in [0.3, 0.4) is 0 Å². The van der Waals surface area contributed by atoms with Crippen LogP contribution < -0.4 is 0 Å². The summed E-state index contributed by atoms with van der Waals surface area (Å²) in [6.45, 7) is 21.2. The van der Waals surface area contributed by atoms with Crippen molar-refractivity contribution in [1.82, 2.24) is 0 Å². The third kappa shape index (κ3) is 3.15. The lowest BCUT2D eigenvalue weighted by molar-refractivity contribution is 0.475. The van der Waals surface area contributed by atoms with Gasteiger partial charge in [-0.05, 0) is 39.3 Å². The van der Waals surface area contributed by atoms with Gasteiger partial charge in [-0.1, -0.05) is 69.3 Å². The third-order valence-corrected chi connectivity index (χ3v) is 4.84. The lowest BCUT2D eigenvalue weighted by Crippen LogP contribution is -2.18. The fourth-order valence-electron chi connectivity index (χ4n) is 3.82. The van der Waals surface area contributed by atoms with Crippen LogP contribution in [0.2, 0.25) is 0 Å². The second kappa shape index (κ2) is 6.95. The van der Waals surface area contributed by atoms with E-state index in [-0.39, 0.29) is 17.0 Å². The number of nitrogens with zero attached hydrogens (tertiary/aromatic N) is 3. The summed E-state index contributed by atoms with van der Waals surface area (Å²) in [5, 5.41) is 9.18. The topological polar surface area (TPSA) is 32.5 Å². The molecule has 3 rings (SSSR count). The van der Waals surface area contributed by atoms with Gasteiger partial charge in [0.1, 0.15) is 0 Å². The van der Waals surface area contributed by atoms with Gasteiger partial charge < -0.3 is 0 Å². The van der Waals surface area contributed by atoms with Crippen molar-refractivity contribution >= 4 is 0 Å². The van der Waals surface area contributed by atoms with Crippen molar-refractivity contribution in [2.24, 2.45) is 5.41 Å². The average molecular weight is 349 g/mol. The second-order valence-electron chi connectivity index (χ2n) is 7.52. The van der Waals surface area contributed by atoms with E-state index in [0.717, 1.165) is 5.57 Å². The van der Waals surface area contributed by atoms with E-state index in [2.05, 4.69) is 54.7 Å². The largest absolute Gasteiger partial charge is 0.251 e.